The molecule has 0 fully saturated rings. The van der Waals surface area contributed by atoms with Gasteiger partial charge in [0.15, 0.2) is 0 Å². The van der Waals surface area contributed by atoms with E-state index in [4.69, 9.17) is 9.15 Å². The van der Waals surface area contributed by atoms with Crippen molar-refractivity contribution in [3.05, 3.63) is 88.1 Å². The van der Waals surface area contributed by atoms with Crippen LogP contribution < -0.4 is 10.2 Å². The van der Waals surface area contributed by atoms with Crippen molar-refractivity contribution in [2.45, 2.75) is 6.42 Å². The van der Waals surface area contributed by atoms with Crippen LogP contribution >= 0.6 is 0 Å². The molecule has 0 atom stereocenters. The lowest BCUT2D eigenvalue weighted by Crippen LogP contribution is -2.12. The predicted molar refractivity (Wildman–Crippen MR) is 95.8 cm³/mol. The van der Waals surface area contributed by atoms with E-state index in [1.807, 2.05) is 66.7 Å². The third-order valence-corrected chi connectivity index (χ3v) is 4.25. The first-order chi connectivity index (χ1) is 11.8. The van der Waals surface area contributed by atoms with Gasteiger partial charge >= 0.3 is 0 Å². The summed E-state index contributed by atoms with van der Waals surface area (Å²) in [6, 6.07) is 21.5. The second kappa shape index (κ2) is 5.85. The Morgan fingerprint density at radius 2 is 1.67 bits per heavy atom. The molecule has 4 aromatic rings. The highest BCUT2D eigenvalue weighted by Gasteiger charge is 2.17. The third kappa shape index (κ3) is 2.35. The Morgan fingerprint density at radius 1 is 0.917 bits per heavy atom. The van der Waals surface area contributed by atoms with Gasteiger partial charge in [-0.15, -0.1) is 0 Å². The van der Waals surface area contributed by atoms with Crippen LogP contribution in [0.3, 0.4) is 0 Å². The number of rotatable bonds is 3. The van der Waals surface area contributed by atoms with Gasteiger partial charge in [-0.25, -0.2) is 0 Å². The van der Waals surface area contributed by atoms with Crippen LogP contribution in [-0.4, -0.2) is 7.11 Å². The van der Waals surface area contributed by atoms with Crippen LogP contribution in [0.4, 0.5) is 0 Å². The van der Waals surface area contributed by atoms with Gasteiger partial charge < -0.3 is 9.15 Å². The molecule has 0 aliphatic rings. The van der Waals surface area contributed by atoms with Gasteiger partial charge in [0.05, 0.1) is 18.1 Å². The first kappa shape index (κ1) is 14.5. The number of methoxy groups -OCH3 is 1. The Labute approximate surface area is 139 Å². The Balaban J connectivity index is 2.03. The van der Waals surface area contributed by atoms with E-state index in [0.717, 1.165) is 16.3 Å². The Bertz CT molecular complexity index is 1080. The summed E-state index contributed by atoms with van der Waals surface area (Å²) in [6.45, 7) is 0. The van der Waals surface area contributed by atoms with Gasteiger partial charge in [0.25, 0.3) is 5.95 Å². The molecule has 0 unspecified atom stereocenters. The molecule has 3 heteroatoms. The van der Waals surface area contributed by atoms with Crippen LogP contribution in [0, 0.1) is 0 Å². The van der Waals surface area contributed by atoms with Crippen molar-refractivity contribution in [1.82, 2.24) is 0 Å². The molecule has 24 heavy (non-hydrogen) atoms. The molecule has 0 radical (unpaired) electrons. The second-order valence-corrected chi connectivity index (χ2v) is 5.72. The molecule has 3 nitrogen and oxygen atoms in total. The van der Waals surface area contributed by atoms with Crippen molar-refractivity contribution in [1.29, 1.82) is 0 Å². The number of ether oxygens (including phenoxy) is 1. The van der Waals surface area contributed by atoms with Crippen LogP contribution in [0.1, 0.15) is 11.1 Å². The molecule has 0 aliphatic heterocycles. The average molecular weight is 316 g/mol. The molecule has 4 rings (SSSR count). The molecule has 0 aliphatic carbocycles. The van der Waals surface area contributed by atoms with Gasteiger partial charge in [-0.2, -0.15) is 0 Å². The van der Waals surface area contributed by atoms with Crippen LogP contribution in [0.2, 0.25) is 0 Å². The molecule has 0 bridgehead atoms. The van der Waals surface area contributed by atoms with Crippen LogP contribution in [0.15, 0.2) is 75.9 Å². The van der Waals surface area contributed by atoms with Gasteiger partial charge in [0, 0.05) is 6.42 Å². The summed E-state index contributed by atoms with van der Waals surface area (Å²) in [5, 5.41) is 2.54. The van der Waals surface area contributed by atoms with E-state index in [1.165, 1.54) is 7.11 Å². The highest BCUT2D eigenvalue weighted by atomic mass is 16.6. The topological polar surface area (TPSA) is 39.4 Å². The number of hydrogen-bond donors (Lipinski definition) is 0. The Kier molecular flexibility index (Phi) is 3.54. The summed E-state index contributed by atoms with van der Waals surface area (Å²) in [7, 11) is 1.53. The van der Waals surface area contributed by atoms with E-state index in [1.54, 1.807) is 0 Å². The monoisotopic (exact) mass is 316 g/mol. The van der Waals surface area contributed by atoms with Gasteiger partial charge in [-0.3, -0.25) is 4.79 Å². The van der Waals surface area contributed by atoms with Crippen molar-refractivity contribution in [2.24, 2.45) is 0 Å². The van der Waals surface area contributed by atoms with Crippen LogP contribution in [-0.2, 0) is 6.42 Å². The minimum Gasteiger partial charge on any atom is -0.468 e. The van der Waals surface area contributed by atoms with Crippen molar-refractivity contribution < 1.29 is 9.15 Å². The van der Waals surface area contributed by atoms with Crippen molar-refractivity contribution >= 4 is 21.7 Å². The van der Waals surface area contributed by atoms with Crippen molar-refractivity contribution in [3.8, 4) is 5.95 Å². The van der Waals surface area contributed by atoms with Gasteiger partial charge in [-0.05, 0) is 22.4 Å². The summed E-state index contributed by atoms with van der Waals surface area (Å²) in [4.78, 5) is 13.2. The van der Waals surface area contributed by atoms with E-state index in [2.05, 4.69) is 0 Å². The van der Waals surface area contributed by atoms with Crippen LogP contribution in [0.5, 0.6) is 5.95 Å². The van der Waals surface area contributed by atoms with Crippen molar-refractivity contribution in [2.75, 3.05) is 7.11 Å². The van der Waals surface area contributed by atoms with Crippen LogP contribution in [0.25, 0.3) is 21.7 Å². The first-order valence-corrected chi connectivity index (χ1v) is 7.83. The average Bonchev–Trinajstić information content (AvgIpc) is 2.64. The molecule has 0 saturated carbocycles. The smallest absolute Gasteiger partial charge is 0.292 e. The fourth-order valence-corrected chi connectivity index (χ4v) is 3.09. The highest BCUT2D eigenvalue weighted by Crippen LogP contribution is 2.28. The second-order valence-electron chi connectivity index (χ2n) is 5.72. The Morgan fingerprint density at radius 3 is 2.46 bits per heavy atom. The molecular weight excluding hydrogens is 300 g/mol. The SMILES string of the molecule is COc1oc2ccc3ccccc3c2c(=O)c1Cc1ccccc1. The molecule has 0 saturated heterocycles. The summed E-state index contributed by atoms with van der Waals surface area (Å²) < 4.78 is 11.2. The van der Waals surface area contributed by atoms with E-state index >= 15 is 0 Å². The number of benzene rings is 3. The first-order valence-electron chi connectivity index (χ1n) is 7.83. The third-order valence-electron chi connectivity index (χ3n) is 4.25. The van der Waals surface area contributed by atoms with E-state index in [-0.39, 0.29) is 11.4 Å². The fraction of sp³-hybridized carbons (Fsp3) is 0.0952. The minimum absolute atomic E-state index is 0.0336. The standard InChI is InChI=1S/C21H16O3/c1-23-21-17(13-14-7-3-2-4-8-14)20(22)19-16-10-6-5-9-15(16)11-12-18(19)24-21/h2-12H,13H2,1H3. The Hall–Kier alpha value is -3.07. The molecule has 0 spiro atoms. The molecule has 0 N–H and O–H groups in total. The molecular formula is C21H16O3. The summed E-state index contributed by atoms with van der Waals surface area (Å²) >= 11 is 0. The van der Waals surface area contributed by atoms with E-state index < -0.39 is 0 Å². The molecule has 0 amide bonds. The zero-order valence-electron chi connectivity index (χ0n) is 13.3. The minimum atomic E-state index is -0.0336. The molecule has 118 valence electrons. The predicted octanol–water partition coefficient (Wildman–Crippen LogP) is 4.55. The van der Waals surface area contributed by atoms with E-state index in [9.17, 15) is 4.79 Å². The normalized spacial score (nSPS) is 11.0. The van der Waals surface area contributed by atoms with Crippen molar-refractivity contribution in [3.63, 3.8) is 0 Å². The van der Waals surface area contributed by atoms with Gasteiger partial charge in [-0.1, -0.05) is 60.7 Å². The molecule has 3 aromatic carbocycles. The summed E-state index contributed by atoms with van der Waals surface area (Å²) in [5.41, 5.74) is 2.11. The van der Waals surface area contributed by atoms with E-state index in [0.29, 0.717) is 23.0 Å². The van der Waals surface area contributed by atoms with Gasteiger partial charge in [0.2, 0.25) is 5.43 Å². The molecule has 1 aromatic heterocycles. The fourth-order valence-electron chi connectivity index (χ4n) is 3.09. The molecule has 1 heterocycles. The zero-order chi connectivity index (χ0) is 16.5. The lowest BCUT2D eigenvalue weighted by molar-refractivity contribution is 0.305. The van der Waals surface area contributed by atoms with Gasteiger partial charge in [0.1, 0.15) is 5.58 Å². The maximum atomic E-state index is 13.2. The maximum absolute atomic E-state index is 13.2. The maximum Gasteiger partial charge on any atom is 0.292 e. The number of hydrogen-bond acceptors (Lipinski definition) is 3. The number of fused-ring (bicyclic) bond motifs is 3. The largest absolute Gasteiger partial charge is 0.468 e. The summed E-state index contributed by atoms with van der Waals surface area (Å²) in [6.07, 6.45) is 0.478. The quantitative estimate of drug-likeness (QED) is 0.521. The lowest BCUT2D eigenvalue weighted by atomic mass is 10.0. The zero-order valence-corrected chi connectivity index (χ0v) is 13.3. The summed E-state index contributed by atoms with van der Waals surface area (Å²) in [5.74, 6) is 0.284. The highest BCUT2D eigenvalue weighted by molar-refractivity contribution is 6.05. The lowest BCUT2D eigenvalue weighted by Gasteiger charge is -2.10.